The summed E-state index contributed by atoms with van der Waals surface area (Å²) in [4.78, 5) is 37.5. The molecule has 0 aromatic heterocycles. The number of allylic oxidation sites excluding steroid dienone is 2. The van der Waals surface area contributed by atoms with Gasteiger partial charge in [0.2, 0.25) is 11.8 Å². The number of benzene rings is 1. The van der Waals surface area contributed by atoms with E-state index in [-0.39, 0.29) is 36.8 Å². The van der Waals surface area contributed by atoms with Gasteiger partial charge in [0.15, 0.2) is 0 Å². The first kappa shape index (κ1) is 15.9. The van der Waals surface area contributed by atoms with Gasteiger partial charge in [0.25, 0.3) is 0 Å². The van der Waals surface area contributed by atoms with E-state index in [0.717, 1.165) is 10.5 Å². The molecule has 1 aromatic rings. The minimum Gasteiger partial charge on any atom is -0.459 e. The zero-order chi connectivity index (χ0) is 17.1. The molecule has 1 saturated heterocycles. The Balaban J connectivity index is 1.56. The van der Waals surface area contributed by atoms with Crippen LogP contribution in [0.15, 0.2) is 36.4 Å². The van der Waals surface area contributed by atoms with E-state index >= 15 is 0 Å². The van der Waals surface area contributed by atoms with Crippen LogP contribution in [0.2, 0.25) is 0 Å². The summed E-state index contributed by atoms with van der Waals surface area (Å²) in [6.45, 7) is -0.309. The number of hydrogen-bond donors (Lipinski definition) is 0. The van der Waals surface area contributed by atoms with Crippen LogP contribution in [0.1, 0.15) is 24.0 Å². The Morgan fingerprint density at radius 3 is 2.25 bits per heavy atom. The quantitative estimate of drug-likeness (QED) is 0.476. The largest absolute Gasteiger partial charge is 0.459 e. The Labute approximate surface area is 139 Å². The van der Waals surface area contributed by atoms with E-state index in [1.807, 2.05) is 18.2 Å². The molecule has 6 nitrogen and oxygen atoms in total. The van der Waals surface area contributed by atoms with Gasteiger partial charge in [0.1, 0.15) is 13.2 Å². The Morgan fingerprint density at radius 2 is 1.71 bits per heavy atom. The van der Waals surface area contributed by atoms with Crippen LogP contribution in [0.25, 0.3) is 0 Å². The predicted octanol–water partition coefficient (Wildman–Crippen LogP) is 1.55. The second kappa shape index (κ2) is 6.67. The van der Waals surface area contributed by atoms with E-state index < -0.39 is 5.97 Å². The van der Waals surface area contributed by atoms with Gasteiger partial charge in [-0.05, 0) is 30.5 Å². The number of amides is 2. The maximum Gasteiger partial charge on any atom is 0.326 e. The lowest BCUT2D eigenvalue weighted by Gasteiger charge is -2.14. The van der Waals surface area contributed by atoms with Gasteiger partial charge in [-0.3, -0.25) is 19.3 Å². The first-order chi connectivity index (χ1) is 11.6. The summed E-state index contributed by atoms with van der Waals surface area (Å²) in [5, 5.41) is 8.73. The average molecular weight is 324 g/mol. The van der Waals surface area contributed by atoms with Crippen molar-refractivity contribution in [1.29, 1.82) is 5.26 Å². The molecular formula is C18H16N2O4. The summed E-state index contributed by atoms with van der Waals surface area (Å²) in [5.41, 5.74) is 1.26. The number of nitriles is 1. The molecule has 0 N–H and O–H groups in total. The number of fused-ring (bicyclic) bond motifs is 1. The van der Waals surface area contributed by atoms with Gasteiger partial charge in [-0.25, -0.2) is 0 Å². The molecule has 1 aromatic carbocycles. The highest BCUT2D eigenvalue weighted by Crippen LogP contribution is 2.34. The summed E-state index contributed by atoms with van der Waals surface area (Å²) >= 11 is 0. The number of carbonyl (C=O) groups is 3. The maximum atomic E-state index is 12.3. The Morgan fingerprint density at radius 1 is 1.12 bits per heavy atom. The summed E-state index contributed by atoms with van der Waals surface area (Å²) in [6, 6.07) is 8.66. The van der Waals surface area contributed by atoms with Crippen molar-refractivity contribution in [3.05, 3.63) is 47.5 Å². The van der Waals surface area contributed by atoms with E-state index in [2.05, 4.69) is 0 Å². The van der Waals surface area contributed by atoms with Crippen LogP contribution >= 0.6 is 0 Å². The van der Waals surface area contributed by atoms with Crippen LogP contribution in [0.5, 0.6) is 0 Å². The van der Waals surface area contributed by atoms with Crippen molar-refractivity contribution in [3.8, 4) is 6.07 Å². The summed E-state index contributed by atoms with van der Waals surface area (Å²) in [6.07, 6.45) is 4.90. The van der Waals surface area contributed by atoms with Gasteiger partial charge in [0, 0.05) is 0 Å². The third kappa shape index (κ3) is 3.06. The van der Waals surface area contributed by atoms with Crippen molar-refractivity contribution < 1.29 is 19.1 Å². The molecule has 1 heterocycles. The second-order valence-electron chi connectivity index (χ2n) is 5.89. The van der Waals surface area contributed by atoms with Crippen molar-refractivity contribution in [1.82, 2.24) is 4.90 Å². The highest BCUT2D eigenvalue weighted by atomic mass is 16.5. The molecule has 3 rings (SSSR count). The Kier molecular flexibility index (Phi) is 4.43. The lowest BCUT2D eigenvalue weighted by molar-refractivity contribution is -0.153. The SMILES string of the molecule is N#Cc1ccc(COC(=O)CN2C(=O)[C@H]3CC=CC[C@H]3C2=O)cc1. The van der Waals surface area contributed by atoms with Crippen LogP contribution in [0.4, 0.5) is 0 Å². The van der Waals surface area contributed by atoms with Gasteiger partial charge in [0.05, 0.1) is 23.5 Å². The van der Waals surface area contributed by atoms with E-state index in [9.17, 15) is 14.4 Å². The molecule has 1 fully saturated rings. The van der Waals surface area contributed by atoms with Crippen molar-refractivity contribution >= 4 is 17.8 Å². The molecule has 0 radical (unpaired) electrons. The fourth-order valence-electron chi connectivity index (χ4n) is 3.04. The predicted molar refractivity (Wildman–Crippen MR) is 83.0 cm³/mol. The van der Waals surface area contributed by atoms with Crippen molar-refractivity contribution in [3.63, 3.8) is 0 Å². The fourth-order valence-corrected chi connectivity index (χ4v) is 3.04. The van der Waals surface area contributed by atoms with E-state index in [1.54, 1.807) is 24.3 Å². The standard InChI is InChI=1S/C18H16N2O4/c19-9-12-5-7-13(8-6-12)11-24-16(21)10-20-17(22)14-3-1-2-4-15(14)18(20)23/h1-2,5-8,14-15H,3-4,10-11H2/t14-,15+. The van der Waals surface area contributed by atoms with Crippen LogP contribution in [-0.4, -0.2) is 29.2 Å². The third-order valence-electron chi connectivity index (χ3n) is 4.37. The maximum absolute atomic E-state index is 12.3. The molecule has 0 spiro atoms. The lowest BCUT2D eigenvalue weighted by atomic mass is 9.85. The topological polar surface area (TPSA) is 87.5 Å². The zero-order valence-corrected chi connectivity index (χ0v) is 13.0. The Bertz CT molecular complexity index is 719. The van der Waals surface area contributed by atoms with E-state index in [0.29, 0.717) is 18.4 Å². The normalized spacial score (nSPS) is 22.2. The number of likely N-dealkylation sites (tertiary alicyclic amines) is 1. The molecule has 122 valence electrons. The summed E-state index contributed by atoms with van der Waals surface area (Å²) < 4.78 is 5.13. The van der Waals surface area contributed by atoms with Crippen LogP contribution in [0, 0.1) is 23.2 Å². The molecule has 1 aliphatic heterocycles. The van der Waals surface area contributed by atoms with Crippen LogP contribution in [0.3, 0.4) is 0 Å². The third-order valence-corrected chi connectivity index (χ3v) is 4.37. The number of hydrogen-bond acceptors (Lipinski definition) is 5. The van der Waals surface area contributed by atoms with Gasteiger partial charge in [-0.15, -0.1) is 0 Å². The number of carbonyl (C=O) groups excluding carboxylic acids is 3. The molecule has 2 amide bonds. The Hall–Kier alpha value is -2.94. The van der Waals surface area contributed by atoms with Gasteiger partial charge in [-0.1, -0.05) is 24.3 Å². The van der Waals surface area contributed by atoms with Gasteiger partial charge < -0.3 is 4.74 Å². The van der Waals surface area contributed by atoms with Crippen molar-refractivity contribution in [2.45, 2.75) is 19.4 Å². The highest BCUT2D eigenvalue weighted by Gasteiger charge is 2.47. The number of imide groups is 1. The van der Waals surface area contributed by atoms with E-state index in [1.165, 1.54) is 0 Å². The van der Waals surface area contributed by atoms with E-state index in [4.69, 9.17) is 10.00 Å². The summed E-state index contributed by atoms with van der Waals surface area (Å²) in [5.74, 6) is -1.87. The molecule has 1 aliphatic carbocycles. The first-order valence-corrected chi connectivity index (χ1v) is 7.75. The molecule has 6 heteroatoms. The smallest absolute Gasteiger partial charge is 0.326 e. The molecule has 0 bridgehead atoms. The number of rotatable bonds is 4. The fraction of sp³-hybridized carbons (Fsp3) is 0.333. The lowest BCUT2D eigenvalue weighted by Crippen LogP contribution is -2.36. The number of nitrogens with zero attached hydrogens (tertiary/aromatic N) is 2. The minimum absolute atomic E-state index is 0.0369. The molecule has 2 atom stereocenters. The minimum atomic E-state index is -0.618. The van der Waals surface area contributed by atoms with Gasteiger partial charge in [-0.2, -0.15) is 5.26 Å². The first-order valence-electron chi connectivity index (χ1n) is 7.75. The van der Waals surface area contributed by atoms with Crippen molar-refractivity contribution in [2.24, 2.45) is 11.8 Å². The summed E-state index contributed by atoms with van der Waals surface area (Å²) in [7, 11) is 0. The van der Waals surface area contributed by atoms with Crippen LogP contribution in [-0.2, 0) is 25.7 Å². The average Bonchev–Trinajstić information content (AvgIpc) is 2.86. The molecule has 24 heavy (non-hydrogen) atoms. The second-order valence-corrected chi connectivity index (χ2v) is 5.89. The van der Waals surface area contributed by atoms with Crippen molar-refractivity contribution in [2.75, 3.05) is 6.54 Å². The monoisotopic (exact) mass is 324 g/mol. The number of esters is 1. The molecule has 0 saturated carbocycles. The highest BCUT2D eigenvalue weighted by molar-refractivity contribution is 6.07. The molecular weight excluding hydrogens is 308 g/mol. The van der Waals surface area contributed by atoms with Gasteiger partial charge >= 0.3 is 5.97 Å². The van der Waals surface area contributed by atoms with Crippen LogP contribution < -0.4 is 0 Å². The molecule has 0 unspecified atom stereocenters. The zero-order valence-electron chi connectivity index (χ0n) is 13.0. The molecule has 2 aliphatic rings. The number of ether oxygens (including phenoxy) is 1.